The van der Waals surface area contributed by atoms with E-state index in [1.165, 1.54) is 0 Å². The predicted octanol–water partition coefficient (Wildman–Crippen LogP) is 4.10. The Labute approximate surface area is 191 Å². The van der Waals surface area contributed by atoms with Crippen LogP contribution in [0.25, 0.3) is 11.0 Å². The van der Waals surface area contributed by atoms with E-state index in [2.05, 4.69) is 21.2 Å². The molecule has 32 heavy (non-hydrogen) atoms. The van der Waals surface area contributed by atoms with Gasteiger partial charge in [-0.25, -0.2) is 9.59 Å². The van der Waals surface area contributed by atoms with Gasteiger partial charge in [-0.15, -0.1) is 0 Å². The average molecular weight is 499 g/mol. The first-order chi connectivity index (χ1) is 15.4. The van der Waals surface area contributed by atoms with Gasteiger partial charge in [-0.3, -0.25) is 9.69 Å². The van der Waals surface area contributed by atoms with Crippen LogP contribution in [0.15, 0.2) is 51.4 Å². The zero-order valence-corrected chi connectivity index (χ0v) is 18.7. The van der Waals surface area contributed by atoms with E-state index >= 15 is 0 Å². The fourth-order valence-electron chi connectivity index (χ4n) is 4.31. The fraction of sp³-hybridized carbons (Fsp3) is 0.261. The van der Waals surface area contributed by atoms with Crippen LogP contribution in [0.4, 0.5) is 4.79 Å². The molecule has 1 aromatic heterocycles. The molecule has 0 bridgehead atoms. The van der Waals surface area contributed by atoms with Gasteiger partial charge in [0.15, 0.2) is 5.54 Å². The molecule has 3 aromatic rings. The number of hydrogen-bond acceptors (Lipinski definition) is 6. The number of fused-ring (bicyclic) bond motifs is 3. The lowest BCUT2D eigenvalue weighted by atomic mass is 9.84. The molecule has 5 rings (SSSR count). The SMILES string of the molecule is CCOC(=O)c1oc2ccc(Br)cc2c1CN1C(=O)NC2(CCOc3ccccc32)C1=O. The number of halogens is 1. The summed E-state index contributed by atoms with van der Waals surface area (Å²) in [5.41, 5.74) is 0.304. The largest absolute Gasteiger partial charge is 0.493 e. The minimum atomic E-state index is -1.20. The maximum absolute atomic E-state index is 13.6. The minimum Gasteiger partial charge on any atom is -0.493 e. The highest BCUT2D eigenvalue weighted by Gasteiger charge is 2.55. The van der Waals surface area contributed by atoms with E-state index in [0.717, 1.165) is 9.37 Å². The number of hydrogen-bond donors (Lipinski definition) is 1. The second-order valence-corrected chi connectivity index (χ2v) is 8.51. The number of ether oxygens (including phenoxy) is 2. The molecule has 0 saturated carbocycles. The van der Waals surface area contributed by atoms with Crippen molar-refractivity contribution in [3.05, 3.63) is 63.8 Å². The topological polar surface area (TPSA) is 98.1 Å². The summed E-state index contributed by atoms with van der Waals surface area (Å²) in [5, 5.41) is 3.49. The van der Waals surface area contributed by atoms with Crippen LogP contribution >= 0.6 is 15.9 Å². The van der Waals surface area contributed by atoms with Gasteiger partial charge in [-0.05, 0) is 31.2 Å². The van der Waals surface area contributed by atoms with E-state index in [9.17, 15) is 14.4 Å². The van der Waals surface area contributed by atoms with E-state index in [4.69, 9.17) is 13.9 Å². The molecule has 1 N–H and O–H groups in total. The third-order valence-corrected chi connectivity index (χ3v) is 6.28. The minimum absolute atomic E-state index is 0.0196. The fourth-order valence-corrected chi connectivity index (χ4v) is 4.67. The molecule has 8 nitrogen and oxygen atoms in total. The van der Waals surface area contributed by atoms with E-state index in [0.29, 0.717) is 40.9 Å². The molecule has 0 aliphatic carbocycles. The summed E-state index contributed by atoms with van der Waals surface area (Å²) in [7, 11) is 0. The Morgan fingerprint density at radius 1 is 1.25 bits per heavy atom. The Morgan fingerprint density at radius 2 is 2.06 bits per heavy atom. The van der Waals surface area contributed by atoms with Gasteiger partial charge in [0.1, 0.15) is 11.3 Å². The summed E-state index contributed by atoms with van der Waals surface area (Å²) in [6.45, 7) is 2.03. The number of carbonyl (C=O) groups excluding carboxylic acids is 3. The van der Waals surface area contributed by atoms with Crippen molar-refractivity contribution >= 4 is 44.8 Å². The highest BCUT2D eigenvalue weighted by Crippen LogP contribution is 2.42. The number of carbonyl (C=O) groups is 3. The Balaban J connectivity index is 1.57. The van der Waals surface area contributed by atoms with Gasteiger partial charge in [-0.1, -0.05) is 34.1 Å². The summed E-state index contributed by atoms with van der Waals surface area (Å²) in [4.78, 5) is 40.3. The molecule has 3 heterocycles. The molecule has 3 amide bonds. The first kappa shape index (κ1) is 20.6. The number of furan rings is 1. The number of amides is 3. The van der Waals surface area contributed by atoms with E-state index in [-0.39, 0.29) is 18.9 Å². The first-order valence-electron chi connectivity index (χ1n) is 10.2. The van der Waals surface area contributed by atoms with Crippen LogP contribution in [-0.4, -0.2) is 36.0 Å². The van der Waals surface area contributed by atoms with Crippen molar-refractivity contribution in [2.75, 3.05) is 13.2 Å². The van der Waals surface area contributed by atoms with Gasteiger partial charge in [0, 0.05) is 27.4 Å². The third-order valence-electron chi connectivity index (χ3n) is 5.79. The van der Waals surface area contributed by atoms with Crippen molar-refractivity contribution in [3.63, 3.8) is 0 Å². The molecule has 1 unspecified atom stereocenters. The van der Waals surface area contributed by atoms with Crippen LogP contribution in [0.1, 0.15) is 35.0 Å². The van der Waals surface area contributed by atoms with Crippen molar-refractivity contribution < 1.29 is 28.3 Å². The Morgan fingerprint density at radius 3 is 2.88 bits per heavy atom. The van der Waals surface area contributed by atoms with E-state index in [1.54, 1.807) is 43.3 Å². The smallest absolute Gasteiger partial charge is 0.374 e. The van der Waals surface area contributed by atoms with Crippen LogP contribution in [0.5, 0.6) is 5.75 Å². The lowest BCUT2D eigenvalue weighted by Gasteiger charge is -2.33. The maximum atomic E-state index is 13.6. The number of nitrogens with one attached hydrogen (secondary N) is 1. The van der Waals surface area contributed by atoms with Gasteiger partial charge >= 0.3 is 12.0 Å². The third kappa shape index (κ3) is 3.07. The summed E-state index contributed by atoms with van der Waals surface area (Å²) < 4.78 is 17.3. The number of benzene rings is 2. The molecule has 1 fully saturated rings. The van der Waals surface area contributed by atoms with Gasteiger partial charge in [0.2, 0.25) is 5.76 Å². The zero-order valence-electron chi connectivity index (χ0n) is 17.1. The molecule has 1 atom stereocenters. The normalized spacial score (nSPS) is 19.8. The lowest BCUT2D eigenvalue weighted by molar-refractivity contribution is -0.133. The number of esters is 1. The lowest BCUT2D eigenvalue weighted by Crippen LogP contribution is -2.47. The van der Waals surface area contributed by atoms with Crippen molar-refractivity contribution in [1.82, 2.24) is 10.2 Å². The standard InChI is InChI=1S/C23H19BrN2O6/c1-2-30-20(27)19-15(14-11-13(24)7-8-17(14)32-19)12-26-21(28)23(25-22(26)29)9-10-31-18-6-4-3-5-16(18)23/h3-8,11H,2,9-10,12H2,1H3,(H,25,29). The van der Waals surface area contributed by atoms with Crippen molar-refractivity contribution in [1.29, 1.82) is 0 Å². The summed E-state index contributed by atoms with van der Waals surface area (Å²) in [6.07, 6.45) is 0.313. The Hall–Kier alpha value is -3.33. The molecular formula is C23H19BrN2O6. The van der Waals surface area contributed by atoms with Crippen LogP contribution in [0.2, 0.25) is 0 Å². The van der Waals surface area contributed by atoms with Gasteiger partial charge in [0.05, 0.1) is 19.8 Å². The van der Waals surface area contributed by atoms with Gasteiger partial charge < -0.3 is 19.2 Å². The Kier molecular flexibility index (Phi) is 4.93. The van der Waals surface area contributed by atoms with Crippen molar-refractivity contribution in [2.45, 2.75) is 25.4 Å². The second kappa shape index (κ2) is 7.67. The predicted molar refractivity (Wildman–Crippen MR) is 117 cm³/mol. The zero-order chi connectivity index (χ0) is 22.5. The Bertz CT molecular complexity index is 1270. The monoisotopic (exact) mass is 498 g/mol. The highest BCUT2D eigenvalue weighted by atomic mass is 79.9. The number of nitrogens with zero attached hydrogens (tertiary/aromatic N) is 1. The molecule has 1 spiro atoms. The summed E-state index contributed by atoms with van der Waals surface area (Å²) in [6, 6.07) is 11.9. The van der Waals surface area contributed by atoms with Gasteiger partial charge in [-0.2, -0.15) is 0 Å². The number of imide groups is 1. The maximum Gasteiger partial charge on any atom is 0.374 e. The molecule has 2 aliphatic rings. The van der Waals surface area contributed by atoms with Crippen molar-refractivity contribution in [3.8, 4) is 5.75 Å². The van der Waals surface area contributed by atoms with E-state index in [1.807, 2.05) is 6.07 Å². The molecule has 9 heteroatoms. The molecule has 2 aliphatic heterocycles. The van der Waals surface area contributed by atoms with Crippen LogP contribution in [-0.2, 0) is 21.6 Å². The summed E-state index contributed by atoms with van der Waals surface area (Å²) in [5.74, 6) is -0.488. The van der Waals surface area contributed by atoms with Crippen LogP contribution in [0, 0.1) is 0 Å². The average Bonchev–Trinajstić information content (AvgIpc) is 3.25. The highest BCUT2D eigenvalue weighted by molar-refractivity contribution is 9.10. The quantitative estimate of drug-likeness (QED) is 0.429. The summed E-state index contributed by atoms with van der Waals surface area (Å²) >= 11 is 3.42. The number of urea groups is 1. The molecular weight excluding hydrogens is 480 g/mol. The number of rotatable bonds is 4. The molecule has 2 aromatic carbocycles. The van der Waals surface area contributed by atoms with Crippen molar-refractivity contribution in [2.24, 2.45) is 0 Å². The van der Waals surface area contributed by atoms with E-state index < -0.39 is 23.4 Å². The molecule has 1 saturated heterocycles. The second-order valence-electron chi connectivity index (χ2n) is 7.59. The van der Waals surface area contributed by atoms with Crippen LogP contribution in [0.3, 0.4) is 0 Å². The van der Waals surface area contributed by atoms with Crippen LogP contribution < -0.4 is 10.1 Å². The van der Waals surface area contributed by atoms with Gasteiger partial charge in [0.25, 0.3) is 5.91 Å². The number of para-hydroxylation sites is 1. The first-order valence-corrected chi connectivity index (χ1v) is 11.0. The molecule has 0 radical (unpaired) electrons. The molecule has 164 valence electrons.